The van der Waals surface area contributed by atoms with Crippen molar-refractivity contribution in [1.29, 1.82) is 0 Å². The number of para-hydroxylation sites is 1. The first-order chi connectivity index (χ1) is 12.1. The number of aromatic nitrogens is 3. The van der Waals surface area contributed by atoms with E-state index in [1.54, 1.807) is 6.07 Å². The van der Waals surface area contributed by atoms with E-state index in [1.165, 1.54) is 22.8 Å². The van der Waals surface area contributed by atoms with Crippen LogP contribution in [0.5, 0.6) is 0 Å². The van der Waals surface area contributed by atoms with Crippen LogP contribution >= 0.6 is 11.6 Å². The molecule has 0 spiro atoms. The fourth-order valence-corrected chi connectivity index (χ4v) is 3.91. The monoisotopic (exact) mass is 354 g/mol. The van der Waals surface area contributed by atoms with E-state index in [0.29, 0.717) is 18.0 Å². The van der Waals surface area contributed by atoms with Crippen molar-refractivity contribution in [2.24, 2.45) is 7.05 Å². The number of piperidine rings is 1. The van der Waals surface area contributed by atoms with Crippen LogP contribution in [0.2, 0.25) is 5.15 Å². The molecule has 4 rings (SSSR count). The topological polar surface area (TPSA) is 51.0 Å². The molecule has 1 saturated heterocycles. The molecule has 6 heteroatoms. The molecule has 2 aromatic heterocycles. The molecule has 1 fully saturated rings. The summed E-state index contributed by atoms with van der Waals surface area (Å²) in [6.07, 6.45) is 3.56. The molecule has 0 unspecified atom stereocenters. The molecule has 1 aliphatic heterocycles. The number of amides is 1. The highest BCUT2D eigenvalue weighted by atomic mass is 35.5. The van der Waals surface area contributed by atoms with Gasteiger partial charge in [0, 0.05) is 37.3 Å². The molecule has 0 saturated carbocycles. The van der Waals surface area contributed by atoms with Crippen molar-refractivity contribution >= 4 is 28.4 Å². The predicted octanol–water partition coefficient (Wildman–Crippen LogP) is 3.64. The number of aryl methyl sites for hydroxylation is 1. The molecule has 0 aliphatic carbocycles. The number of halogens is 1. The predicted molar refractivity (Wildman–Crippen MR) is 97.8 cm³/mol. The second kappa shape index (κ2) is 6.48. The van der Waals surface area contributed by atoms with Crippen LogP contribution in [0.25, 0.3) is 10.9 Å². The summed E-state index contributed by atoms with van der Waals surface area (Å²) in [5.41, 5.74) is 3.01. The van der Waals surface area contributed by atoms with E-state index in [0.717, 1.165) is 19.4 Å². The summed E-state index contributed by atoms with van der Waals surface area (Å²) in [4.78, 5) is 14.7. The Hall–Kier alpha value is -2.40. The van der Waals surface area contributed by atoms with Gasteiger partial charge in [0.15, 0.2) is 5.15 Å². The lowest BCUT2D eigenvalue weighted by Crippen LogP contribution is -2.39. The Kier molecular flexibility index (Phi) is 4.17. The maximum atomic E-state index is 12.8. The Morgan fingerprint density at radius 2 is 2.12 bits per heavy atom. The summed E-state index contributed by atoms with van der Waals surface area (Å²) in [7, 11) is 2.10. The maximum Gasteiger partial charge on any atom is 0.255 e. The van der Waals surface area contributed by atoms with E-state index in [-0.39, 0.29) is 11.1 Å². The van der Waals surface area contributed by atoms with E-state index >= 15 is 0 Å². The number of carbonyl (C=O) groups excluding carboxylic acids is 1. The number of hydrogen-bond acceptors (Lipinski definition) is 3. The molecule has 25 heavy (non-hydrogen) atoms. The highest BCUT2D eigenvalue weighted by molar-refractivity contribution is 6.29. The summed E-state index contributed by atoms with van der Waals surface area (Å²) in [5.74, 6) is 0.306. The van der Waals surface area contributed by atoms with Crippen LogP contribution in [0, 0.1) is 0 Å². The van der Waals surface area contributed by atoms with Crippen molar-refractivity contribution in [3.05, 3.63) is 59.0 Å². The summed E-state index contributed by atoms with van der Waals surface area (Å²) < 4.78 is 2.25. The third kappa shape index (κ3) is 3.00. The van der Waals surface area contributed by atoms with Gasteiger partial charge in [-0.15, -0.1) is 5.10 Å². The number of nitrogens with zero attached hydrogens (tertiary/aromatic N) is 4. The van der Waals surface area contributed by atoms with Crippen molar-refractivity contribution < 1.29 is 4.79 Å². The Morgan fingerprint density at radius 1 is 1.28 bits per heavy atom. The van der Waals surface area contributed by atoms with Crippen molar-refractivity contribution in [2.75, 3.05) is 13.1 Å². The highest BCUT2D eigenvalue weighted by Crippen LogP contribution is 2.31. The number of rotatable bonds is 2. The average Bonchev–Trinajstić information content (AvgIpc) is 2.98. The van der Waals surface area contributed by atoms with Gasteiger partial charge in [0.1, 0.15) is 0 Å². The van der Waals surface area contributed by atoms with Gasteiger partial charge in [0.05, 0.1) is 11.8 Å². The Labute approximate surface area is 151 Å². The van der Waals surface area contributed by atoms with Crippen molar-refractivity contribution in [3.8, 4) is 0 Å². The van der Waals surface area contributed by atoms with Gasteiger partial charge in [-0.25, -0.2) is 0 Å². The van der Waals surface area contributed by atoms with E-state index < -0.39 is 0 Å². The van der Waals surface area contributed by atoms with Gasteiger partial charge in [0.2, 0.25) is 0 Å². The van der Waals surface area contributed by atoms with Crippen LogP contribution in [-0.2, 0) is 7.05 Å². The number of likely N-dealkylation sites (tertiary alicyclic amines) is 1. The van der Waals surface area contributed by atoms with Crippen molar-refractivity contribution in [2.45, 2.75) is 18.8 Å². The van der Waals surface area contributed by atoms with E-state index in [4.69, 9.17) is 11.6 Å². The van der Waals surface area contributed by atoms with Gasteiger partial charge in [0.25, 0.3) is 5.91 Å². The maximum absolute atomic E-state index is 12.8. The molecule has 0 radical (unpaired) electrons. The van der Waals surface area contributed by atoms with Crippen LogP contribution in [0.1, 0.15) is 34.8 Å². The van der Waals surface area contributed by atoms with Crippen molar-refractivity contribution in [3.63, 3.8) is 0 Å². The molecule has 1 aromatic carbocycles. The Morgan fingerprint density at radius 3 is 2.92 bits per heavy atom. The zero-order valence-electron chi connectivity index (χ0n) is 14.0. The molecule has 1 aliphatic rings. The standard InChI is InChI=1S/C19H19ClN4O/c1-23-16-7-3-2-5-13(16)9-17(23)14-6-4-8-24(12-14)19(25)15-10-18(20)22-21-11-15/h2-3,5,7,9-11,14H,4,6,8,12H2,1H3/t14-/m0/s1. The van der Waals surface area contributed by atoms with Gasteiger partial charge in [-0.1, -0.05) is 29.8 Å². The number of hydrogen-bond donors (Lipinski definition) is 0. The molecular weight excluding hydrogens is 336 g/mol. The average molecular weight is 355 g/mol. The molecule has 128 valence electrons. The normalized spacial score (nSPS) is 17.8. The summed E-state index contributed by atoms with van der Waals surface area (Å²) >= 11 is 5.87. The second-order valence-corrected chi connectivity index (χ2v) is 6.93. The fraction of sp³-hybridized carbons (Fsp3) is 0.316. The van der Waals surface area contributed by atoms with Gasteiger partial charge in [-0.3, -0.25) is 4.79 Å². The number of fused-ring (bicyclic) bond motifs is 1. The molecule has 3 aromatic rings. The van der Waals surface area contributed by atoms with Crippen LogP contribution in [0.3, 0.4) is 0 Å². The molecule has 1 atom stereocenters. The van der Waals surface area contributed by atoms with Crippen molar-refractivity contribution in [1.82, 2.24) is 19.7 Å². The molecule has 3 heterocycles. The van der Waals surface area contributed by atoms with Gasteiger partial charge < -0.3 is 9.47 Å². The highest BCUT2D eigenvalue weighted by Gasteiger charge is 2.27. The lowest BCUT2D eigenvalue weighted by Gasteiger charge is -2.33. The minimum atomic E-state index is -0.0275. The Bertz CT molecular complexity index is 936. The van der Waals surface area contributed by atoms with Crippen LogP contribution in [0.4, 0.5) is 0 Å². The zero-order chi connectivity index (χ0) is 17.4. The fourth-order valence-electron chi connectivity index (χ4n) is 3.75. The second-order valence-electron chi connectivity index (χ2n) is 6.54. The SMILES string of the molecule is Cn1c([C@H]2CCCN(C(=O)c3cnnc(Cl)c3)C2)cc2ccccc21. The summed E-state index contributed by atoms with van der Waals surface area (Å²) in [5, 5.41) is 8.98. The summed E-state index contributed by atoms with van der Waals surface area (Å²) in [6.45, 7) is 1.47. The van der Waals surface area contributed by atoms with E-state index in [1.807, 2.05) is 4.90 Å². The van der Waals surface area contributed by atoms with Gasteiger partial charge in [-0.05, 0) is 36.4 Å². The third-order valence-corrected chi connectivity index (χ3v) is 5.17. The van der Waals surface area contributed by atoms with E-state index in [2.05, 4.69) is 52.1 Å². The van der Waals surface area contributed by atoms with E-state index in [9.17, 15) is 4.79 Å². The van der Waals surface area contributed by atoms with Gasteiger partial charge >= 0.3 is 0 Å². The van der Waals surface area contributed by atoms with Gasteiger partial charge in [-0.2, -0.15) is 5.10 Å². The number of benzene rings is 1. The smallest absolute Gasteiger partial charge is 0.255 e. The zero-order valence-corrected chi connectivity index (χ0v) is 14.8. The number of carbonyl (C=O) groups is 1. The molecule has 0 bridgehead atoms. The Balaban J connectivity index is 1.60. The third-order valence-electron chi connectivity index (χ3n) is 4.99. The first kappa shape index (κ1) is 16.1. The minimum absolute atomic E-state index is 0.0275. The lowest BCUT2D eigenvalue weighted by molar-refractivity contribution is 0.0704. The minimum Gasteiger partial charge on any atom is -0.347 e. The lowest BCUT2D eigenvalue weighted by atomic mass is 9.94. The molecule has 5 nitrogen and oxygen atoms in total. The van der Waals surface area contributed by atoms with Crippen LogP contribution in [0.15, 0.2) is 42.6 Å². The summed E-state index contributed by atoms with van der Waals surface area (Å²) in [6, 6.07) is 12.2. The van der Waals surface area contributed by atoms with Crippen LogP contribution < -0.4 is 0 Å². The molecular formula is C19H19ClN4O. The molecule has 1 amide bonds. The van der Waals surface area contributed by atoms with Crippen LogP contribution in [-0.4, -0.2) is 38.7 Å². The largest absolute Gasteiger partial charge is 0.347 e. The molecule has 0 N–H and O–H groups in total. The first-order valence-corrected chi connectivity index (χ1v) is 8.83. The quantitative estimate of drug-likeness (QED) is 0.706. The first-order valence-electron chi connectivity index (χ1n) is 8.45.